The lowest BCUT2D eigenvalue weighted by molar-refractivity contribution is -0.138. The number of carbonyl (C=O) groups excluding carboxylic acids is 1. The quantitative estimate of drug-likeness (QED) is 0.787. The fraction of sp³-hybridized carbons (Fsp3) is 0.333. The molecule has 1 N–H and O–H groups in total. The summed E-state index contributed by atoms with van der Waals surface area (Å²) in [7, 11) is 1.33. The van der Waals surface area contributed by atoms with Crippen LogP contribution in [0.15, 0.2) is 24.3 Å². The van der Waals surface area contributed by atoms with Crippen molar-refractivity contribution >= 4 is 11.9 Å². The van der Waals surface area contributed by atoms with Gasteiger partial charge in [0.1, 0.15) is 0 Å². The highest BCUT2D eigenvalue weighted by molar-refractivity contribution is 5.89. The Bertz CT molecular complexity index is 421. The molecule has 0 bridgehead atoms. The molecule has 0 heterocycles. The van der Waals surface area contributed by atoms with E-state index in [2.05, 4.69) is 4.74 Å². The molecule has 1 aliphatic rings. The zero-order valence-corrected chi connectivity index (χ0v) is 8.84. The van der Waals surface area contributed by atoms with Crippen molar-refractivity contribution in [3.8, 4) is 0 Å². The lowest BCUT2D eigenvalue weighted by atomic mass is 10.1. The lowest BCUT2D eigenvalue weighted by Gasteiger charge is -2.01. The van der Waals surface area contributed by atoms with Gasteiger partial charge >= 0.3 is 11.9 Å². The van der Waals surface area contributed by atoms with E-state index >= 15 is 0 Å². The average molecular weight is 220 g/mol. The highest BCUT2D eigenvalue weighted by Gasteiger charge is 2.44. The van der Waals surface area contributed by atoms with Gasteiger partial charge < -0.3 is 9.84 Å². The maximum Gasteiger partial charge on any atom is 0.337 e. The number of rotatable bonds is 3. The minimum atomic E-state index is -0.748. The Hall–Kier alpha value is -1.84. The van der Waals surface area contributed by atoms with E-state index in [0.29, 0.717) is 12.0 Å². The Kier molecular flexibility index (Phi) is 2.64. The smallest absolute Gasteiger partial charge is 0.337 e. The molecule has 0 aromatic heterocycles. The molecule has 1 aromatic carbocycles. The number of esters is 1. The van der Waals surface area contributed by atoms with Crippen LogP contribution in [0.5, 0.6) is 0 Å². The second-order valence-electron chi connectivity index (χ2n) is 3.90. The number of aliphatic carboxylic acids is 1. The van der Waals surface area contributed by atoms with Gasteiger partial charge in [-0.25, -0.2) is 4.79 Å². The van der Waals surface area contributed by atoms with Crippen LogP contribution in [0, 0.1) is 5.92 Å². The fourth-order valence-corrected chi connectivity index (χ4v) is 1.82. The second kappa shape index (κ2) is 3.96. The number of hydrogen-bond acceptors (Lipinski definition) is 3. The summed E-state index contributed by atoms with van der Waals surface area (Å²) in [6.45, 7) is 0. The summed E-state index contributed by atoms with van der Waals surface area (Å²) in [6, 6.07) is 6.91. The summed E-state index contributed by atoms with van der Waals surface area (Å²) in [4.78, 5) is 21.9. The SMILES string of the molecule is COC(=O)c1ccc(C2CC2C(=O)O)cc1. The van der Waals surface area contributed by atoms with Crippen LogP contribution in [0.3, 0.4) is 0 Å². The Balaban J connectivity index is 2.09. The number of benzene rings is 1. The maximum atomic E-state index is 11.2. The molecular weight excluding hydrogens is 208 g/mol. The minimum absolute atomic E-state index is 0.101. The van der Waals surface area contributed by atoms with Gasteiger partial charge in [-0.15, -0.1) is 0 Å². The van der Waals surface area contributed by atoms with E-state index in [9.17, 15) is 9.59 Å². The fourth-order valence-electron chi connectivity index (χ4n) is 1.82. The van der Waals surface area contributed by atoms with Crippen LogP contribution in [0.25, 0.3) is 0 Å². The van der Waals surface area contributed by atoms with Crippen LogP contribution in [-0.2, 0) is 9.53 Å². The molecule has 4 heteroatoms. The van der Waals surface area contributed by atoms with Crippen molar-refractivity contribution in [2.75, 3.05) is 7.11 Å². The third-order valence-corrected chi connectivity index (χ3v) is 2.87. The highest BCUT2D eigenvalue weighted by Crippen LogP contribution is 2.47. The van der Waals surface area contributed by atoms with Gasteiger partial charge in [-0.3, -0.25) is 4.79 Å². The molecule has 2 unspecified atom stereocenters. The third-order valence-electron chi connectivity index (χ3n) is 2.87. The van der Waals surface area contributed by atoms with E-state index in [1.54, 1.807) is 24.3 Å². The van der Waals surface area contributed by atoms with E-state index in [-0.39, 0.29) is 17.8 Å². The molecule has 2 rings (SSSR count). The Morgan fingerprint density at radius 2 is 1.94 bits per heavy atom. The number of methoxy groups -OCH3 is 1. The first-order valence-electron chi connectivity index (χ1n) is 5.04. The van der Waals surface area contributed by atoms with Crippen LogP contribution in [-0.4, -0.2) is 24.2 Å². The molecule has 0 amide bonds. The van der Waals surface area contributed by atoms with Crippen LogP contribution < -0.4 is 0 Å². The molecule has 1 aromatic rings. The van der Waals surface area contributed by atoms with Crippen molar-refractivity contribution in [2.24, 2.45) is 5.92 Å². The van der Waals surface area contributed by atoms with Crippen molar-refractivity contribution in [3.63, 3.8) is 0 Å². The van der Waals surface area contributed by atoms with E-state index in [1.807, 2.05) is 0 Å². The minimum Gasteiger partial charge on any atom is -0.481 e. The summed E-state index contributed by atoms with van der Waals surface area (Å²) < 4.78 is 4.58. The van der Waals surface area contributed by atoms with Gasteiger partial charge in [0.2, 0.25) is 0 Å². The van der Waals surface area contributed by atoms with Gasteiger partial charge in [0.25, 0.3) is 0 Å². The van der Waals surface area contributed by atoms with Crippen LogP contribution in [0.2, 0.25) is 0 Å². The summed E-state index contributed by atoms with van der Waals surface area (Å²) in [5.41, 5.74) is 1.46. The van der Waals surface area contributed by atoms with Gasteiger partial charge in [0.15, 0.2) is 0 Å². The molecule has 0 radical (unpaired) electrons. The number of carboxylic acids is 1. The molecule has 0 saturated heterocycles. The second-order valence-corrected chi connectivity index (χ2v) is 3.90. The van der Waals surface area contributed by atoms with Crippen LogP contribution >= 0.6 is 0 Å². The zero-order valence-electron chi connectivity index (χ0n) is 8.84. The van der Waals surface area contributed by atoms with Crippen molar-refractivity contribution in [2.45, 2.75) is 12.3 Å². The molecule has 1 saturated carbocycles. The first-order valence-corrected chi connectivity index (χ1v) is 5.04. The predicted molar refractivity (Wildman–Crippen MR) is 56.3 cm³/mol. The van der Waals surface area contributed by atoms with Crippen LogP contribution in [0.4, 0.5) is 0 Å². The third kappa shape index (κ3) is 1.91. The molecular formula is C12H12O4. The number of carboxylic acid groups (broad SMARTS) is 1. The van der Waals surface area contributed by atoms with Crippen molar-refractivity contribution in [1.82, 2.24) is 0 Å². The molecule has 16 heavy (non-hydrogen) atoms. The van der Waals surface area contributed by atoms with E-state index in [4.69, 9.17) is 5.11 Å². The van der Waals surface area contributed by atoms with E-state index in [0.717, 1.165) is 5.56 Å². The first kappa shape index (κ1) is 10.7. The summed E-state index contributed by atoms with van der Waals surface area (Å²) in [5.74, 6) is -1.28. The molecule has 1 fully saturated rings. The van der Waals surface area contributed by atoms with Gasteiger partial charge in [-0.1, -0.05) is 12.1 Å². The normalized spacial score (nSPS) is 22.6. The summed E-state index contributed by atoms with van der Waals surface area (Å²) in [6.07, 6.45) is 0.687. The van der Waals surface area contributed by atoms with E-state index in [1.165, 1.54) is 7.11 Å². The topological polar surface area (TPSA) is 63.6 Å². The molecule has 0 aliphatic heterocycles. The standard InChI is InChI=1S/C12H12O4/c1-16-12(15)8-4-2-7(3-5-8)9-6-10(9)11(13)14/h2-5,9-10H,6H2,1H3,(H,13,14). The Labute approximate surface area is 92.8 Å². The van der Waals surface area contributed by atoms with Gasteiger partial charge in [0.05, 0.1) is 18.6 Å². The molecule has 4 nitrogen and oxygen atoms in total. The van der Waals surface area contributed by atoms with Gasteiger partial charge in [0, 0.05) is 0 Å². The average Bonchev–Trinajstić information content (AvgIpc) is 3.08. The maximum absolute atomic E-state index is 11.2. The van der Waals surface area contributed by atoms with Gasteiger partial charge in [-0.05, 0) is 30.0 Å². The molecule has 2 atom stereocenters. The number of hydrogen-bond donors (Lipinski definition) is 1. The van der Waals surface area contributed by atoms with Crippen molar-refractivity contribution in [1.29, 1.82) is 0 Å². The predicted octanol–water partition coefficient (Wildman–Crippen LogP) is 1.66. The number of ether oxygens (including phenoxy) is 1. The highest BCUT2D eigenvalue weighted by atomic mass is 16.5. The summed E-state index contributed by atoms with van der Waals surface area (Å²) in [5, 5.41) is 8.79. The Morgan fingerprint density at radius 1 is 1.31 bits per heavy atom. The largest absolute Gasteiger partial charge is 0.481 e. The van der Waals surface area contributed by atoms with Crippen molar-refractivity contribution in [3.05, 3.63) is 35.4 Å². The molecule has 0 spiro atoms. The monoisotopic (exact) mass is 220 g/mol. The Morgan fingerprint density at radius 3 is 2.38 bits per heavy atom. The molecule has 1 aliphatic carbocycles. The van der Waals surface area contributed by atoms with Crippen LogP contribution in [0.1, 0.15) is 28.3 Å². The molecule has 84 valence electrons. The summed E-state index contributed by atoms with van der Waals surface area (Å²) >= 11 is 0. The van der Waals surface area contributed by atoms with Crippen molar-refractivity contribution < 1.29 is 19.4 Å². The van der Waals surface area contributed by atoms with E-state index < -0.39 is 5.97 Å². The van der Waals surface area contributed by atoms with Gasteiger partial charge in [-0.2, -0.15) is 0 Å². The lowest BCUT2D eigenvalue weighted by Crippen LogP contribution is -2.01. The first-order chi connectivity index (χ1) is 7.63. The number of carbonyl (C=O) groups is 2. The zero-order chi connectivity index (χ0) is 11.7.